The van der Waals surface area contributed by atoms with Gasteiger partial charge in [-0.3, -0.25) is 0 Å². The minimum atomic E-state index is -0.922. The first-order valence-corrected chi connectivity index (χ1v) is 6.89. The van der Waals surface area contributed by atoms with Crippen molar-refractivity contribution in [1.82, 2.24) is 9.36 Å². The molecule has 1 heterocycles. The second-order valence-electron chi connectivity index (χ2n) is 4.56. The summed E-state index contributed by atoms with van der Waals surface area (Å²) in [6, 6.07) is 8.29. The first-order valence-electron chi connectivity index (χ1n) is 6.12. The summed E-state index contributed by atoms with van der Waals surface area (Å²) in [7, 11) is 0. The van der Waals surface area contributed by atoms with Crippen molar-refractivity contribution in [3.63, 3.8) is 0 Å². The molecule has 1 aliphatic carbocycles. The number of anilines is 1. The van der Waals surface area contributed by atoms with Crippen molar-refractivity contribution in [2.45, 2.75) is 24.8 Å². The standard InChI is InChI=1S/C13H13N3O2S/c17-12(18)10(8-4-2-1-3-5-8)14-13-15-11(16-19-13)9-6-7-9/h1-5,9-10H,6-7H2,(H,17,18)(H,14,15,16). The molecule has 0 radical (unpaired) electrons. The summed E-state index contributed by atoms with van der Waals surface area (Å²) >= 11 is 1.22. The van der Waals surface area contributed by atoms with Crippen LogP contribution in [-0.4, -0.2) is 20.4 Å². The highest BCUT2D eigenvalue weighted by Crippen LogP contribution is 2.39. The number of nitrogens with one attached hydrogen (secondary N) is 1. The summed E-state index contributed by atoms with van der Waals surface area (Å²) in [5.74, 6) is 0.394. The highest BCUT2D eigenvalue weighted by atomic mass is 32.1. The Morgan fingerprint density at radius 1 is 1.37 bits per heavy atom. The molecule has 2 aromatic rings. The third-order valence-corrected chi connectivity index (χ3v) is 3.69. The molecule has 1 aliphatic rings. The van der Waals surface area contributed by atoms with Gasteiger partial charge in [0.2, 0.25) is 5.13 Å². The molecule has 0 spiro atoms. The molecule has 3 rings (SSSR count). The van der Waals surface area contributed by atoms with Crippen LogP contribution in [0.3, 0.4) is 0 Å². The van der Waals surface area contributed by atoms with Gasteiger partial charge >= 0.3 is 5.97 Å². The van der Waals surface area contributed by atoms with Crippen LogP contribution in [-0.2, 0) is 4.79 Å². The number of carbonyl (C=O) groups is 1. The number of benzene rings is 1. The average molecular weight is 275 g/mol. The zero-order valence-corrected chi connectivity index (χ0v) is 10.9. The molecule has 0 aliphatic heterocycles. The van der Waals surface area contributed by atoms with Crippen LogP contribution in [0.15, 0.2) is 30.3 Å². The third kappa shape index (κ3) is 2.73. The molecular weight excluding hydrogens is 262 g/mol. The van der Waals surface area contributed by atoms with Crippen molar-refractivity contribution < 1.29 is 9.90 Å². The lowest BCUT2D eigenvalue weighted by molar-refractivity contribution is -0.138. The molecule has 6 heteroatoms. The number of rotatable bonds is 5. The van der Waals surface area contributed by atoms with Crippen LogP contribution in [0.25, 0.3) is 0 Å². The van der Waals surface area contributed by atoms with Gasteiger partial charge in [0.05, 0.1) is 0 Å². The largest absolute Gasteiger partial charge is 0.479 e. The summed E-state index contributed by atoms with van der Waals surface area (Å²) in [6.07, 6.45) is 2.27. The Kier molecular flexibility index (Phi) is 3.16. The summed E-state index contributed by atoms with van der Waals surface area (Å²) in [6.45, 7) is 0. The Bertz CT molecular complexity index is 581. The lowest BCUT2D eigenvalue weighted by atomic mass is 10.1. The van der Waals surface area contributed by atoms with Crippen molar-refractivity contribution in [2.24, 2.45) is 0 Å². The SMILES string of the molecule is O=C(O)C(Nc1nc(C2CC2)ns1)c1ccccc1. The van der Waals surface area contributed by atoms with Gasteiger partial charge in [0.25, 0.3) is 0 Å². The van der Waals surface area contributed by atoms with E-state index < -0.39 is 12.0 Å². The lowest BCUT2D eigenvalue weighted by Gasteiger charge is -2.13. The number of carboxylic acid groups (broad SMARTS) is 1. The van der Waals surface area contributed by atoms with Crippen LogP contribution in [0.2, 0.25) is 0 Å². The molecule has 1 aromatic heterocycles. The molecule has 0 amide bonds. The van der Waals surface area contributed by atoms with Crippen LogP contribution in [0.4, 0.5) is 5.13 Å². The fraction of sp³-hybridized carbons (Fsp3) is 0.308. The maximum Gasteiger partial charge on any atom is 0.330 e. The molecule has 0 bridgehead atoms. The normalized spacial score (nSPS) is 16.0. The van der Waals surface area contributed by atoms with Crippen LogP contribution >= 0.6 is 11.5 Å². The molecular formula is C13H13N3O2S. The van der Waals surface area contributed by atoms with E-state index in [1.54, 1.807) is 12.1 Å². The van der Waals surface area contributed by atoms with Gasteiger partial charge in [0, 0.05) is 17.5 Å². The van der Waals surface area contributed by atoms with Crippen molar-refractivity contribution in [1.29, 1.82) is 0 Å². The Labute approximate surface area is 114 Å². The predicted molar refractivity (Wildman–Crippen MR) is 72.3 cm³/mol. The number of hydrogen-bond acceptors (Lipinski definition) is 5. The number of hydrogen-bond donors (Lipinski definition) is 2. The van der Waals surface area contributed by atoms with Gasteiger partial charge in [-0.15, -0.1) is 0 Å². The Balaban J connectivity index is 1.79. The smallest absolute Gasteiger partial charge is 0.330 e. The molecule has 1 fully saturated rings. The number of carboxylic acids is 1. The molecule has 0 saturated heterocycles. The molecule has 1 aromatic carbocycles. The van der Waals surface area contributed by atoms with Crippen LogP contribution in [0, 0.1) is 0 Å². The molecule has 2 N–H and O–H groups in total. The lowest BCUT2D eigenvalue weighted by Crippen LogP contribution is -2.20. The number of aromatic nitrogens is 2. The minimum absolute atomic E-state index is 0.479. The third-order valence-electron chi connectivity index (χ3n) is 3.03. The van der Waals surface area contributed by atoms with Crippen LogP contribution in [0.1, 0.15) is 36.2 Å². The van der Waals surface area contributed by atoms with Gasteiger partial charge in [0.1, 0.15) is 5.82 Å². The summed E-state index contributed by atoms with van der Waals surface area (Å²) in [5, 5.41) is 12.8. The van der Waals surface area contributed by atoms with Crippen molar-refractivity contribution >= 4 is 22.6 Å². The van der Waals surface area contributed by atoms with Gasteiger partial charge < -0.3 is 10.4 Å². The maximum atomic E-state index is 11.4. The van der Waals surface area contributed by atoms with Gasteiger partial charge in [-0.1, -0.05) is 30.3 Å². The molecule has 19 heavy (non-hydrogen) atoms. The topological polar surface area (TPSA) is 75.1 Å². The predicted octanol–water partition coefficient (Wildman–Crippen LogP) is 2.65. The first-order chi connectivity index (χ1) is 9.24. The quantitative estimate of drug-likeness (QED) is 0.877. The van der Waals surface area contributed by atoms with E-state index in [1.165, 1.54) is 11.5 Å². The maximum absolute atomic E-state index is 11.4. The zero-order valence-electron chi connectivity index (χ0n) is 10.1. The zero-order chi connectivity index (χ0) is 13.2. The van der Waals surface area contributed by atoms with E-state index in [-0.39, 0.29) is 0 Å². The van der Waals surface area contributed by atoms with E-state index in [0.29, 0.717) is 16.6 Å². The molecule has 1 atom stereocenters. The van der Waals surface area contributed by atoms with Crippen LogP contribution in [0.5, 0.6) is 0 Å². The van der Waals surface area contributed by atoms with E-state index in [1.807, 2.05) is 18.2 Å². The Morgan fingerprint density at radius 3 is 2.74 bits per heavy atom. The Hall–Kier alpha value is -1.95. The van der Waals surface area contributed by atoms with E-state index in [0.717, 1.165) is 18.7 Å². The fourth-order valence-corrected chi connectivity index (χ4v) is 2.53. The first kappa shape index (κ1) is 12.1. The highest BCUT2D eigenvalue weighted by Gasteiger charge is 2.28. The summed E-state index contributed by atoms with van der Waals surface area (Å²) in [4.78, 5) is 15.7. The van der Waals surface area contributed by atoms with Crippen LogP contribution < -0.4 is 5.32 Å². The van der Waals surface area contributed by atoms with Gasteiger partial charge in [-0.25, -0.2) is 9.78 Å². The Morgan fingerprint density at radius 2 is 2.11 bits per heavy atom. The minimum Gasteiger partial charge on any atom is -0.479 e. The van der Waals surface area contributed by atoms with Gasteiger partial charge in [0.15, 0.2) is 6.04 Å². The number of aliphatic carboxylic acids is 1. The summed E-state index contributed by atoms with van der Waals surface area (Å²) in [5.41, 5.74) is 0.707. The van der Waals surface area contributed by atoms with E-state index in [2.05, 4.69) is 14.7 Å². The highest BCUT2D eigenvalue weighted by molar-refractivity contribution is 7.09. The monoisotopic (exact) mass is 275 g/mol. The second kappa shape index (κ2) is 4.97. The van der Waals surface area contributed by atoms with E-state index in [4.69, 9.17) is 0 Å². The van der Waals surface area contributed by atoms with E-state index >= 15 is 0 Å². The van der Waals surface area contributed by atoms with Crippen molar-refractivity contribution in [2.75, 3.05) is 5.32 Å². The molecule has 5 nitrogen and oxygen atoms in total. The van der Waals surface area contributed by atoms with Gasteiger partial charge in [-0.2, -0.15) is 4.37 Å². The molecule has 1 unspecified atom stereocenters. The number of nitrogens with zero attached hydrogens (tertiary/aromatic N) is 2. The summed E-state index contributed by atoms with van der Waals surface area (Å²) < 4.78 is 4.26. The average Bonchev–Trinajstić information content (AvgIpc) is 3.16. The van der Waals surface area contributed by atoms with Crippen molar-refractivity contribution in [3.8, 4) is 0 Å². The second-order valence-corrected chi connectivity index (χ2v) is 5.31. The van der Waals surface area contributed by atoms with Gasteiger partial charge in [-0.05, 0) is 18.4 Å². The molecule has 1 saturated carbocycles. The van der Waals surface area contributed by atoms with E-state index in [9.17, 15) is 9.90 Å². The van der Waals surface area contributed by atoms with Crippen molar-refractivity contribution in [3.05, 3.63) is 41.7 Å². The fourth-order valence-electron chi connectivity index (χ4n) is 1.86. The molecule has 98 valence electrons.